The summed E-state index contributed by atoms with van der Waals surface area (Å²) in [5.41, 5.74) is 0. The number of ether oxygens (including phenoxy) is 4. The van der Waals surface area contributed by atoms with E-state index in [4.69, 9.17) is 18.9 Å². The highest BCUT2D eigenvalue weighted by Gasteiger charge is 2.34. The average Bonchev–Trinajstić information content (AvgIpc) is 2.72. The minimum Gasteiger partial charge on any atom is -0.493 e. The van der Waals surface area contributed by atoms with Crippen LogP contribution < -0.4 is 14.2 Å². The number of benzene rings is 2. The van der Waals surface area contributed by atoms with Gasteiger partial charge in [0.1, 0.15) is 29.2 Å². The number of rotatable bonds is 7. The van der Waals surface area contributed by atoms with E-state index < -0.39 is 26.8 Å². The Kier molecular flexibility index (Phi) is 6.38. The molecular weight excluding hydrogens is 389 g/mol. The number of morpholine rings is 1. The first-order chi connectivity index (χ1) is 13.5. The Bertz CT molecular complexity index is 906. The maximum absolute atomic E-state index is 14.5. The molecule has 0 saturated carbocycles. The van der Waals surface area contributed by atoms with Gasteiger partial charge in [0.2, 0.25) is 10.0 Å². The van der Waals surface area contributed by atoms with Crippen molar-refractivity contribution >= 4 is 10.0 Å². The van der Waals surface area contributed by atoms with Crippen LogP contribution in [0.3, 0.4) is 0 Å². The van der Waals surface area contributed by atoms with E-state index in [-0.39, 0.29) is 37.8 Å². The molecule has 0 amide bonds. The Morgan fingerprint density at radius 2 is 1.82 bits per heavy atom. The van der Waals surface area contributed by atoms with Crippen molar-refractivity contribution in [2.45, 2.75) is 11.0 Å². The Balaban J connectivity index is 1.76. The summed E-state index contributed by atoms with van der Waals surface area (Å²) in [6.07, 6.45) is -0.466. The first-order valence-electron chi connectivity index (χ1n) is 8.67. The molecule has 1 aliphatic rings. The molecule has 0 spiro atoms. The Morgan fingerprint density at radius 1 is 1.14 bits per heavy atom. The summed E-state index contributed by atoms with van der Waals surface area (Å²) >= 11 is 0. The summed E-state index contributed by atoms with van der Waals surface area (Å²) < 4.78 is 63.0. The normalized spacial score (nSPS) is 17.9. The first-order valence-corrected chi connectivity index (χ1v) is 10.1. The van der Waals surface area contributed by atoms with E-state index in [2.05, 4.69) is 0 Å². The molecule has 2 aromatic carbocycles. The van der Waals surface area contributed by atoms with E-state index in [0.717, 1.165) is 12.1 Å². The van der Waals surface area contributed by atoms with Gasteiger partial charge in [-0.05, 0) is 12.1 Å². The van der Waals surface area contributed by atoms with Crippen LogP contribution >= 0.6 is 0 Å². The zero-order valence-electron chi connectivity index (χ0n) is 15.6. The zero-order valence-corrected chi connectivity index (χ0v) is 16.4. The van der Waals surface area contributed by atoms with E-state index in [9.17, 15) is 12.8 Å². The molecule has 0 radical (unpaired) electrons. The van der Waals surface area contributed by atoms with Crippen LogP contribution in [0, 0.1) is 5.82 Å². The molecule has 0 aromatic heterocycles. The van der Waals surface area contributed by atoms with Crippen LogP contribution in [0.25, 0.3) is 0 Å². The lowest BCUT2D eigenvalue weighted by molar-refractivity contribution is -0.0249. The van der Waals surface area contributed by atoms with Gasteiger partial charge in [0.05, 0.1) is 20.8 Å². The average molecular weight is 411 g/mol. The van der Waals surface area contributed by atoms with Crippen LogP contribution in [-0.4, -0.2) is 59.3 Å². The Hall–Kier alpha value is -2.36. The third-order valence-corrected chi connectivity index (χ3v) is 6.22. The molecule has 9 heteroatoms. The third kappa shape index (κ3) is 4.37. The quantitative estimate of drug-likeness (QED) is 0.696. The second kappa shape index (κ2) is 8.76. The summed E-state index contributed by atoms with van der Waals surface area (Å²) in [6, 6.07) is 11.3. The predicted molar refractivity (Wildman–Crippen MR) is 99.9 cm³/mol. The van der Waals surface area contributed by atoms with Crippen LogP contribution in [0.5, 0.6) is 17.2 Å². The van der Waals surface area contributed by atoms with Gasteiger partial charge in [0.25, 0.3) is 0 Å². The van der Waals surface area contributed by atoms with Gasteiger partial charge in [0, 0.05) is 25.2 Å². The number of hydrogen-bond donors (Lipinski definition) is 0. The summed E-state index contributed by atoms with van der Waals surface area (Å²) in [6.45, 7) is 0.558. The van der Waals surface area contributed by atoms with Crippen molar-refractivity contribution < 1.29 is 31.8 Å². The lowest BCUT2D eigenvalue weighted by Gasteiger charge is -2.32. The lowest BCUT2D eigenvalue weighted by Crippen LogP contribution is -2.47. The van der Waals surface area contributed by atoms with Gasteiger partial charge in [0.15, 0.2) is 11.5 Å². The van der Waals surface area contributed by atoms with Crippen LogP contribution in [0.1, 0.15) is 0 Å². The molecular formula is C19H22FNO6S. The van der Waals surface area contributed by atoms with Gasteiger partial charge in [-0.2, -0.15) is 4.31 Å². The predicted octanol–water partition coefficient (Wildman–Crippen LogP) is 2.31. The van der Waals surface area contributed by atoms with Gasteiger partial charge >= 0.3 is 0 Å². The van der Waals surface area contributed by atoms with E-state index in [1.165, 1.54) is 18.5 Å². The molecule has 2 aromatic rings. The topological polar surface area (TPSA) is 74.3 Å². The van der Waals surface area contributed by atoms with Gasteiger partial charge in [-0.3, -0.25) is 0 Å². The summed E-state index contributed by atoms with van der Waals surface area (Å²) in [7, 11) is -1.37. The van der Waals surface area contributed by atoms with E-state index >= 15 is 0 Å². The fourth-order valence-electron chi connectivity index (χ4n) is 2.89. The minimum atomic E-state index is -4.08. The minimum absolute atomic E-state index is 0.0585. The fourth-order valence-corrected chi connectivity index (χ4v) is 4.41. The van der Waals surface area contributed by atoms with Gasteiger partial charge in [-0.25, -0.2) is 12.8 Å². The Morgan fingerprint density at radius 3 is 2.50 bits per heavy atom. The molecule has 28 heavy (non-hydrogen) atoms. The van der Waals surface area contributed by atoms with Gasteiger partial charge in [-0.1, -0.05) is 18.2 Å². The fraction of sp³-hybridized carbons (Fsp3) is 0.368. The van der Waals surface area contributed by atoms with Crippen LogP contribution in [0.15, 0.2) is 47.4 Å². The number of hydrogen-bond acceptors (Lipinski definition) is 6. The summed E-state index contributed by atoms with van der Waals surface area (Å²) in [5.74, 6) is 0.0213. The van der Waals surface area contributed by atoms with Crippen molar-refractivity contribution in [2.75, 3.05) is 40.5 Å². The molecule has 1 atom stereocenters. The summed E-state index contributed by atoms with van der Waals surface area (Å²) in [5, 5.41) is 0. The maximum atomic E-state index is 14.5. The monoisotopic (exact) mass is 411 g/mol. The number of nitrogens with zero attached hydrogens (tertiary/aromatic N) is 1. The molecule has 1 heterocycles. The molecule has 0 aliphatic carbocycles. The molecule has 152 valence electrons. The van der Waals surface area contributed by atoms with Gasteiger partial charge in [-0.15, -0.1) is 0 Å². The molecule has 7 nitrogen and oxygen atoms in total. The summed E-state index contributed by atoms with van der Waals surface area (Å²) in [4.78, 5) is -0.463. The first kappa shape index (κ1) is 20.4. The smallest absolute Gasteiger partial charge is 0.246 e. The molecule has 3 rings (SSSR count). The molecule has 1 fully saturated rings. The van der Waals surface area contributed by atoms with Gasteiger partial charge < -0.3 is 18.9 Å². The SMILES string of the molecule is COc1cc(F)c(S(=O)(=O)N2CCO[C@H](COc3ccccc3)C2)cc1OC. The van der Waals surface area contributed by atoms with Crippen molar-refractivity contribution in [1.82, 2.24) is 4.31 Å². The van der Waals surface area contributed by atoms with Crippen molar-refractivity contribution in [3.8, 4) is 17.2 Å². The van der Waals surface area contributed by atoms with Crippen LogP contribution in [-0.2, 0) is 14.8 Å². The largest absolute Gasteiger partial charge is 0.493 e. The highest BCUT2D eigenvalue weighted by Crippen LogP contribution is 2.33. The van der Waals surface area contributed by atoms with E-state index in [1.54, 1.807) is 12.1 Å². The van der Waals surface area contributed by atoms with Crippen molar-refractivity contribution in [3.63, 3.8) is 0 Å². The number of methoxy groups -OCH3 is 2. The van der Waals surface area contributed by atoms with Crippen molar-refractivity contribution in [2.24, 2.45) is 0 Å². The van der Waals surface area contributed by atoms with E-state index in [1.807, 2.05) is 18.2 Å². The highest BCUT2D eigenvalue weighted by molar-refractivity contribution is 7.89. The van der Waals surface area contributed by atoms with E-state index in [0.29, 0.717) is 5.75 Å². The maximum Gasteiger partial charge on any atom is 0.246 e. The second-order valence-electron chi connectivity index (χ2n) is 6.12. The van der Waals surface area contributed by atoms with Crippen molar-refractivity contribution in [3.05, 3.63) is 48.3 Å². The molecule has 1 saturated heterocycles. The molecule has 0 N–H and O–H groups in total. The second-order valence-corrected chi connectivity index (χ2v) is 8.02. The number of halogens is 1. The Labute approximate surface area is 163 Å². The van der Waals surface area contributed by atoms with Crippen LogP contribution in [0.4, 0.5) is 4.39 Å². The highest BCUT2D eigenvalue weighted by atomic mass is 32.2. The van der Waals surface area contributed by atoms with Crippen molar-refractivity contribution in [1.29, 1.82) is 0 Å². The molecule has 0 bridgehead atoms. The standard InChI is InChI=1S/C19H22FNO6S/c1-24-17-10-16(20)19(11-18(17)25-2)28(22,23)21-8-9-26-15(12-21)13-27-14-6-4-3-5-7-14/h3-7,10-11,15H,8-9,12-13H2,1-2H3/t15-/m0/s1. The number of sulfonamides is 1. The van der Waals surface area contributed by atoms with Crippen LogP contribution in [0.2, 0.25) is 0 Å². The third-order valence-electron chi connectivity index (χ3n) is 4.34. The molecule has 1 aliphatic heterocycles. The molecule has 0 unspecified atom stereocenters. The number of para-hydroxylation sites is 1. The lowest BCUT2D eigenvalue weighted by atomic mass is 10.3. The zero-order chi connectivity index (χ0) is 20.1.